The van der Waals surface area contributed by atoms with Gasteiger partial charge in [0, 0.05) is 0 Å². The number of ether oxygens (including phenoxy) is 1. The van der Waals surface area contributed by atoms with Crippen molar-refractivity contribution in [2.24, 2.45) is 5.92 Å². The Labute approximate surface area is 108 Å². The van der Waals surface area contributed by atoms with Gasteiger partial charge in [0.1, 0.15) is 5.75 Å². The zero-order valence-electron chi connectivity index (χ0n) is 10.6. The molecule has 0 bridgehead atoms. The summed E-state index contributed by atoms with van der Waals surface area (Å²) in [6.07, 6.45) is 2.05. The van der Waals surface area contributed by atoms with Crippen LogP contribution in [0.4, 0.5) is 0 Å². The first-order chi connectivity index (χ1) is 8.62. The summed E-state index contributed by atoms with van der Waals surface area (Å²) in [5.74, 6) is 1.13. The first-order valence-corrected chi connectivity index (χ1v) is 7.84. The Balaban J connectivity index is 2.08. The maximum absolute atomic E-state index is 12.2. The van der Waals surface area contributed by atoms with E-state index in [0.717, 1.165) is 25.9 Å². The Hall–Kier alpha value is -1.07. The molecule has 1 aliphatic heterocycles. The summed E-state index contributed by atoms with van der Waals surface area (Å²) in [6, 6.07) is 6.60. The third-order valence-corrected chi connectivity index (χ3v) is 5.17. The molecule has 1 heterocycles. The number of benzene rings is 1. The van der Waals surface area contributed by atoms with E-state index in [0.29, 0.717) is 10.6 Å². The number of hydrogen-bond donors (Lipinski definition) is 1. The van der Waals surface area contributed by atoms with Gasteiger partial charge in [0.25, 0.3) is 0 Å². The van der Waals surface area contributed by atoms with Crippen molar-refractivity contribution in [1.29, 1.82) is 0 Å². The molecule has 1 atom stereocenters. The van der Waals surface area contributed by atoms with Crippen LogP contribution in [0.5, 0.6) is 5.75 Å². The fourth-order valence-corrected chi connectivity index (χ4v) is 3.90. The fourth-order valence-electron chi connectivity index (χ4n) is 2.26. The summed E-state index contributed by atoms with van der Waals surface area (Å²) in [6.45, 7) is 1.80. The van der Waals surface area contributed by atoms with Crippen LogP contribution in [0.3, 0.4) is 0 Å². The fraction of sp³-hybridized carbons (Fsp3) is 0.538. The van der Waals surface area contributed by atoms with Gasteiger partial charge in [0.2, 0.25) is 0 Å². The van der Waals surface area contributed by atoms with E-state index in [2.05, 4.69) is 5.32 Å². The lowest BCUT2D eigenvalue weighted by Crippen LogP contribution is -2.33. The van der Waals surface area contributed by atoms with Gasteiger partial charge in [-0.15, -0.1) is 0 Å². The molecular weight excluding hydrogens is 250 g/mol. The highest BCUT2D eigenvalue weighted by Gasteiger charge is 2.22. The van der Waals surface area contributed by atoms with Crippen LogP contribution in [0, 0.1) is 5.92 Å². The molecule has 2 rings (SSSR count). The molecular formula is C13H19NO3S. The lowest BCUT2D eigenvalue weighted by atomic mass is 10.0. The minimum atomic E-state index is -3.18. The third-order valence-electron chi connectivity index (χ3n) is 3.27. The van der Waals surface area contributed by atoms with E-state index >= 15 is 0 Å². The molecule has 0 radical (unpaired) electrons. The van der Waals surface area contributed by atoms with E-state index in [-0.39, 0.29) is 11.7 Å². The first-order valence-electron chi connectivity index (χ1n) is 6.19. The number of nitrogens with one attached hydrogen (secondary N) is 1. The molecule has 0 aromatic heterocycles. The summed E-state index contributed by atoms with van der Waals surface area (Å²) in [4.78, 5) is 0.383. The van der Waals surface area contributed by atoms with Gasteiger partial charge in [0.05, 0.1) is 17.8 Å². The average Bonchev–Trinajstić information content (AvgIpc) is 2.39. The van der Waals surface area contributed by atoms with Crippen LogP contribution < -0.4 is 10.1 Å². The molecule has 0 amide bonds. The van der Waals surface area contributed by atoms with Crippen LogP contribution >= 0.6 is 0 Å². The molecule has 1 N–H and O–H groups in total. The van der Waals surface area contributed by atoms with Crippen molar-refractivity contribution < 1.29 is 13.2 Å². The Morgan fingerprint density at radius 3 is 2.61 bits per heavy atom. The predicted molar refractivity (Wildman–Crippen MR) is 70.6 cm³/mol. The molecule has 1 fully saturated rings. The molecule has 1 aliphatic rings. The number of rotatable bonds is 4. The van der Waals surface area contributed by atoms with Crippen molar-refractivity contribution >= 4 is 9.84 Å². The molecule has 5 heteroatoms. The molecule has 1 aromatic rings. The number of piperidine rings is 1. The highest BCUT2D eigenvalue weighted by molar-refractivity contribution is 7.91. The Bertz CT molecular complexity index is 475. The lowest BCUT2D eigenvalue weighted by molar-refractivity contribution is 0.404. The minimum Gasteiger partial charge on any atom is -0.497 e. The third kappa shape index (κ3) is 3.23. The second kappa shape index (κ2) is 5.71. The van der Waals surface area contributed by atoms with Gasteiger partial charge in [-0.3, -0.25) is 0 Å². The zero-order chi connectivity index (χ0) is 13.0. The van der Waals surface area contributed by atoms with Crippen molar-refractivity contribution in [1.82, 2.24) is 5.32 Å². The van der Waals surface area contributed by atoms with Gasteiger partial charge in [-0.05, 0) is 56.1 Å². The smallest absolute Gasteiger partial charge is 0.178 e. The Morgan fingerprint density at radius 1 is 1.33 bits per heavy atom. The second-order valence-electron chi connectivity index (χ2n) is 4.67. The molecule has 0 unspecified atom stereocenters. The van der Waals surface area contributed by atoms with E-state index in [9.17, 15) is 8.42 Å². The number of methoxy groups -OCH3 is 1. The predicted octanol–water partition coefficient (Wildman–Crippen LogP) is 1.47. The van der Waals surface area contributed by atoms with Gasteiger partial charge in [-0.2, -0.15) is 0 Å². The van der Waals surface area contributed by atoms with Crippen molar-refractivity contribution in [3.05, 3.63) is 24.3 Å². The summed E-state index contributed by atoms with van der Waals surface area (Å²) in [5, 5.41) is 3.24. The van der Waals surface area contributed by atoms with E-state index in [1.807, 2.05) is 0 Å². The highest BCUT2D eigenvalue weighted by Crippen LogP contribution is 2.20. The van der Waals surface area contributed by atoms with E-state index in [1.54, 1.807) is 31.4 Å². The van der Waals surface area contributed by atoms with Crippen LogP contribution in [0.2, 0.25) is 0 Å². The van der Waals surface area contributed by atoms with Gasteiger partial charge in [-0.1, -0.05) is 0 Å². The minimum absolute atomic E-state index is 0.228. The van der Waals surface area contributed by atoms with Crippen LogP contribution in [0.15, 0.2) is 29.2 Å². The number of hydrogen-bond acceptors (Lipinski definition) is 4. The lowest BCUT2D eigenvalue weighted by Gasteiger charge is -2.22. The van der Waals surface area contributed by atoms with Gasteiger partial charge >= 0.3 is 0 Å². The van der Waals surface area contributed by atoms with Crippen molar-refractivity contribution in [2.75, 3.05) is 26.0 Å². The topological polar surface area (TPSA) is 55.4 Å². The van der Waals surface area contributed by atoms with Crippen LogP contribution in [-0.2, 0) is 9.84 Å². The highest BCUT2D eigenvalue weighted by atomic mass is 32.2. The van der Waals surface area contributed by atoms with Crippen molar-refractivity contribution in [3.63, 3.8) is 0 Å². The summed E-state index contributed by atoms with van der Waals surface area (Å²) < 4.78 is 29.5. The van der Waals surface area contributed by atoms with Gasteiger partial charge < -0.3 is 10.1 Å². The van der Waals surface area contributed by atoms with Crippen LogP contribution in [-0.4, -0.2) is 34.4 Å². The maximum atomic E-state index is 12.2. The first kappa shape index (κ1) is 13.4. The van der Waals surface area contributed by atoms with Gasteiger partial charge in [0.15, 0.2) is 9.84 Å². The summed E-state index contributed by atoms with van der Waals surface area (Å²) in [7, 11) is -1.61. The summed E-state index contributed by atoms with van der Waals surface area (Å²) in [5.41, 5.74) is 0. The molecule has 4 nitrogen and oxygen atoms in total. The standard InChI is InChI=1S/C13H19NO3S/c1-17-12-4-6-13(7-5-12)18(15,16)10-11-3-2-8-14-9-11/h4-7,11,14H,2-3,8-10H2,1H3/t11-/m1/s1. The Kier molecular flexibility index (Phi) is 4.24. The molecule has 1 aromatic carbocycles. The summed E-state index contributed by atoms with van der Waals surface area (Å²) >= 11 is 0. The molecule has 0 saturated carbocycles. The van der Waals surface area contributed by atoms with Gasteiger partial charge in [-0.25, -0.2) is 8.42 Å². The number of sulfone groups is 1. The SMILES string of the molecule is COc1ccc(S(=O)(=O)C[C@@H]2CCCNC2)cc1. The van der Waals surface area contributed by atoms with Crippen LogP contribution in [0.25, 0.3) is 0 Å². The second-order valence-corrected chi connectivity index (χ2v) is 6.70. The molecule has 1 saturated heterocycles. The quantitative estimate of drug-likeness (QED) is 0.899. The zero-order valence-corrected chi connectivity index (χ0v) is 11.4. The van der Waals surface area contributed by atoms with Crippen molar-refractivity contribution in [3.8, 4) is 5.75 Å². The normalized spacial score (nSPS) is 20.6. The molecule has 18 heavy (non-hydrogen) atoms. The van der Waals surface area contributed by atoms with Crippen molar-refractivity contribution in [2.45, 2.75) is 17.7 Å². The molecule has 100 valence electrons. The van der Waals surface area contributed by atoms with Crippen LogP contribution in [0.1, 0.15) is 12.8 Å². The van der Waals surface area contributed by atoms with E-state index in [1.165, 1.54) is 0 Å². The van der Waals surface area contributed by atoms with E-state index < -0.39 is 9.84 Å². The molecule has 0 spiro atoms. The Morgan fingerprint density at radius 2 is 2.06 bits per heavy atom. The largest absolute Gasteiger partial charge is 0.497 e. The monoisotopic (exact) mass is 269 g/mol. The maximum Gasteiger partial charge on any atom is 0.178 e. The molecule has 0 aliphatic carbocycles. The van der Waals surface area contributed by atoms with E-state index in [4.69, 9.17) is 4.74 Å². The average molecular weight is 269 g/mol.